The SMILES string of the molecule is CNC[C@H](C)NC(=O)OC(C)(C)C. The molecule has 0 aliphatic rings. The summed E-state index contributed by atoms with van der Waals surface area (Å²) >= 11 is 0. The second-order valence-corrected chi connectivity index (χ2v) is 4.10. The van der Waals surface area contributed by atoms with Crippen molar-refractivity contribution in [3.63, 3.8) is 0 Å². The van der Waals surface area contributed by atoms with Gasteiger partial charge in [0.2, 0.25) is 0 Å². The van der Waals surface area contributed by atoms with Gasteiger partial charge in [0.05, 0.1) is 0 Å². The Morgan fingerprint density at radius 3 is 2.38 bits per heavy atom. The molecule has 0 aromatic rings. The van der Waals surface area contributed by atoms with E-state index in [9.17, 15) is 4.79 Å². The van der Waals surface area contributed by atoms with Gasteiger partial charge < -0.3 is 15.4 Å². The van der Waals surface area contributed by atoms with Crippen LogP contribution in [0.1, 0.15) is 27.7 Å². The summed E-state index contributed by atoms with van der Waals surface area (Å²) in [6, 6.07) is 0.0832. The van der Waals surface area contributed by atoms with Gasteiger partial charge in [-0.2, -0.15) is 0 Å². The minimum atomic E-state index is -0.427. The molecule has 0 rings (SSSR count). The lowest BCUT2D eigenvalue weighted by atomic mass is 10.2. The molecule has 0 saturated heterocycles. The number of alkyl carbamates (subject to hydrolysis) is 1. The summed E-state index contributed by atoms with van der Waals surface area (Å²) in [7, 11) is 1.84. The van der Waals surface area contributed by atoms with Gasteiger partial charge in [0.1, 0.15) is 5.60 Å². The van der Waals surface area contributed by atoms with E-state index in [1.54, 1.807) is 0 Å². The molecule has 1 amide bonds. The van der Waals surface area contributed by atoms with Crippen molar-refractivity contribution in [1.82, 2.24) is 10.6 Å². The van der Waals surface area contributed by atoms with Crippen molar-refractivity contribution in [3.05, 3.63) is 0 Å². The van der Waals surface area contributed by atoms with E-state index in [0.717, 1.165) is 6.54 Å². The molecule has 2 N–H and O–H groups in total. The lowest BCUT2D eigenvalue weighted by Crippen LogP contribution is -2.41. The Balaban J connectivity index is 3.74. The number of carbonyl (C=O) groups is 1. The van der Waals surface area contributed by atoms with Gasteiger partial charge in [-0.3, -0.25) is 0 Å². The van der Waals surface area contributed by atoms with E-state index in [1.165, 1.54) is 0 Å². The standard InChI is InChI=1S/C9H20N2O2/c1-7(6-10-5)11-8(12)13-9(2,3)4/h7,10H,6H2,1-5H3,(H,11,12)/t7-/m0/s1. The second kappa shape index (κ2) is 5.07. The molecule has 0 aliphatic carbocycles. The first-order chi connectivity index (χ1) is 5.85. The van der Waals surface area contributed by atoms with Gasteiger partial charge in [0.15, 0.2) is 0 Å². The van der Waals surface area contributed by atoms with Crippen molar-refractivity contribution in [2.45, 2.75) is 39.3 Å². The average molecular weight is 188 g/mol. The zero-order valence-corrected chi connectivity index (χ0v) is 9.10. The van der Waals surface area contributed by atoms with Crippen molar-refractivity contribution in [3.8, 4) is 0 Å². The number of likely N-dealkylation sites (N-methyl/N-ethyl adjacent to an activating group) is 1. The average Bonchev–Trinajstić information content (AvgIpc) is 1.81. The maximum absolute atomic E-state index is 11.2. The Hall–Kier alpha value is -0.770. The molecule has 0 fully saturated rings. The van der Waals surface area contributed by atoms with Crippen molar-refractivity contribution >= 4 is 6.09 Å². The van der Waals surface area contributed by atoms with E-state index in [-0.39, 0.29) is 12.1 Å². The molecule has 0 bridgehead atoms. The maximum atomic E-state index is 11.2. The van der Waals surface area contributed by atoms with E-state index in [4.69, 9.17) is 4.74 Å². The van der Waals surface area contributed by atoms with Gasteiger partial charge in [0, 0.05) is 12.6 Å². The highest BCUT2D eigenvalue weighted by molar-refractivity contribution is 5.68. The summed E-state index contributed by atoms with van der Waals surface area (Å²) in [6.07, 6.45) is -0.366. The lowest BCUT2D eigenvalue weighted by Gasteiger charge is -2.21. The fourth-order valence-corrected chi connectivity index (χ4v) is 0.866. The first-order valence-corrected chi connectivity index (χ1v) is 4.49. The molecule has 4 nitrogen and oxygen atoms in total. The Labute approximate surface area is 80.0 Å². The minimum Gasteiger partial charge on any atom is -0.444 e. The van der Waals surface area contributed by atoms with Gasteiger partial charge in [0.25, 0.3) is 0 Å². The quantitative estimate of drug-likeness (QED) is 0.697. The molecule has 0 heterocycles. The predicted octanol–water partition coefficient (Wildman–Crippen LogP) is 1.12. The zero-order chi connectivity index (χ0) is 10.5. The molecule has 0 spiro atoms. The van der Waals surface area contributed by atoms with Crippen LogP contribution >= 0.6 is 0 Å². The normalized spacial score (nSPS) is 13.6. The molecule has 13 heavy (non-hydrogen) atoms. The number of amides is 1. The van der Waals surface area contributed by atoms with Gasteiger partial charge in [-0.05, 0) is 34.7 Å². The number of nitrogens with one attached hydrogen (secondary N) is 2. The first kappa shape index (κ1) is 12.2. The fourth-order valence-electron chi connectivity index (χ4n) is 0.866. The second-order valence-electron chi connectivity index (χ2n) is 4.10. The van der Waals surface area contributed by atoms with E-state index in [2.05, 4.69) is 10.6 Å². The molecule has 0 aromatic heterocycles. The van der Waals surface area contributed by atoms with Gasteiger partial charge in [-0.1, -0.05) is 0 Å². The van der Waals surface area contributed by atoms with Crippen LogP contribution in [0, 0.1) is 0 Å². The Bertz CT molecular complexity index is 163. The van der Waals surface area contributed by atoms with Crippen LogP contribution in [0.3, 0.4) is 0 Å². The molecule has 0 aromatic carbocycles. The van der Waals surface area contributed by atoms with Crippen molar-refractivity contribution in [2.75, 3.05) is 13.6 Å². The predicted molar refractivity (Wildman–Crippen MR) is 52.8 cm³/mol. The van der Waals surface area contributed by atoms with Crippen LogP contribution in [-0.2, 0) is 4.74 Å². The zero-order valence-electron chi connectivity index (χ0n) is 9.10. The van der Waals surface area contributed by atoms with Crippen LogP contribution in [0.25, 0.3) is 0 Å². The molecule has 1 atom stereocenters. The third kappa shape index (κ3) is 7.59. The molecule has 0 saturated carbocycles. The van der Waals surface area contributed by atoms with E-state index in [0.29, 0.717) is 0 Å². The fraction of sp³-hybridized carbons (Fsp3) is 0.889. The van der Waals surface area contributed by atoms with Crippen LogP contribution in [0.5, 0.6) is 0 Å². The molecule has 0 aliphatic heterocycles. The number of rotatable bonds is 3. The van der Waals surface area contributed by atoms with Crippen LogP contribution in [0.4, 0.5) is 4.79 Å². The molecule has 0 radical (unpaired) electrons. The largest absolute Gasteiger partial charge is 0.444 e. The topological polar surface area (TPSA) is 50.4 Å². The maximum Gasteiger partial charge on any atom is 0.407 e. The molecule has 0 unspecified atom stereocenters. The smallest absolute Gasteiger partial charge is 0.407 e. The third-order valence-corrected chi connectivity index (χ3v) is 1.27. The summed E-state index contributed by atoms with van der Waals surface area (Å²) in [5.74, 6) is 0. The summed E-state index contributed by atoms with van der Waals surface area (Å²) in [4.78, 5) is 11.2. The van der Waals surface area contributed by atoms with Crippen LogP contribution < -0.4 is 10.6 Å². The Morgan fingerprint density at radius 2 is 2.00 bits per heavy atom. The van der Waals surface area contributed by atoms with E-state index >= 15 is 0 Å². The molecular formula is C9H20N2O2. The highest BCUT2D eigenvalue weighted by atomic mass is 16.6. The monoisotopic (exact) mass is 188 g/mol. The number of ether oxygens (including phenoxy) is 1. The number of hydrogen-bond acceptors (Lipinski definition) is 3. The van der Waals surface area contributed by atoms with Crippen LogP contribution in [-0.4, -0.2) is 31.3 Å². The van der Waals surface area contributed by atoms with E-state index < -0.39 is 5.60 Å². The summed E-state index contributed by atoms with van der Waals surface area (Å²) in [5, 5.41) is 5.68. The van der Waals surface area contributed by atoms with E-state index in [1.807, 2.05) is 34.7 Å². The summed E-state index contributed by atoms with van der Waals surface area (Å²) < 4.78 is 5.08. The highest BCUT2D eigenvalue weighted by Gasteiger charge is 2.16. The van der Waals surface area contributed by atoms with Crippen molar-refractivity contribution in [2.24, 2.45) is 0 Å². The van der Waals surface area contributed by atoms with Crippen molar-refractivity contribution in [1.29, 1.82) is 0 Å². The van der Waals surface area contributed by atoms with Gasteiger partial charge >= 0.3 is 6.09 Å². The van der Waals surface area contributed by atoms with Crippen molar-refractivity contribution < 1.29 is 9.53 Å². The third-order valence-electron chi connectivity index (χ3n) is 1.27. The summed E-state index contributed by atoms with van der Waals surface area (Å²) in [5.41, 5.74) is -0.427. The molecule has 4 heteroatoms. The number of carbonyl (C=O) groups excluding carboxylic acids is 1. The van der Waals surface area contributed by atoms with Crippen LogP contribution in [0.15, 0.2) is 0 Å². The van der Waals surface area contributed by atoms with Crippen LogP contribution in [0.2, 0.25) is 0 Å². The first-order valence-electron chi connectivity index (χ1n) is 4.49. The number of hydrogen-bond donors (Lipinski definition) is 2. The Morgan fingerprint density at radius 1 is 1.46 bits per heavy atom. The summed E-state index contributed by atoms with van der Waals surface area (Å²) in [6.45, 7) is 8.18. The Kier molecular flexibility index (Phi) is 4.77. The molecular weight excluding hydrogens is 168 g/mol. The highest BCUT2D eigenvalue weighted by Crippen LogP contribution is 2.06. The van der Waals surface area contributed by atoms with Gasteiger partial charge in [-0.15, -0.1) is 0 Å². The molecule has 78 valence electrons. The van der Waals surface area contributed by atoms with Gasteiger partial charge in [-0.25, -0.2) is 4.79 Å². The minimum absolute atomic E-state index is 0.0832. The lowest BCUT2D eigenvalue weighted by molar-refractivity contribution is 0.0509.